The second-order valence-electron chi connectivity index (χ2n) is 6.17. The fraction of sp³-hybridized carbons (Fsp3) is 0.923. The topological polar surface area (TPSA) is 87.3 Å². The van der Waals surface area contributed by atoms with E-state index in [0.29, 0.717) is 5.25 Å². The SMILES string of the molecule is CC(CCC[C@@H]1SC[C@@H]2NC(=O)N[C@@H]21)NS(=O)(=O)C(C)C. The van der Waals surface area contributed by atoms with Crippen LogP contribution in [0.4, 0.5) is 4.79 Å². The minimum Gasteiger partial charge on any atom is -0.332 e. The lowest BCUT2D eigenvalue weighted by molar-refractivity contribution is 0.247. The van der Waals surface area contributed by atoms with Gasteiger partial charge in [-0.1, -0.05) is 6.42 Å². The van der Waals surface area contributed by atoms with Crippen LogP contribution in [0.1, 0.15) is 40.0 Å². The van der Waals surface area contributed by atoms with E-state index >= 15 is 0 Å². The van der Waals surface area contributed by atoms with E-state index in [2.05, 4.69) is 15.4 Å². The van der Waals surface area contributed by atoms with Crippen LogP contribution in [0, 0.1) is 0 Å². The van der Waals surface area contributed by atoms with Crippen molar-refractivity contribution < 1.29 is 13.2 Å². The van der Waals surface area contributed by atoms with E-state index in [-0.39, 0.29) is 24.2 Å². The van der Waals surface area contributed by atoms with Crippen LogP contribution in [-0.2, 0) is 10.0 Å². The molecule has 0 aliphatic carbocycles. The van der Waals surface area contributed by atoms with Gasteiger partial charge in [0, 0.05) is 17.0 Å². The molecule has 2 aliphatic rings. The van der Waals surface area contributed by atoms with E-state index < -0.39 is 15.3 Å². The van der Waals surface area contributed by atoms with Crippen molar-refractivity contribution in [1.82, 2.24) is 15.4 Å². The summed E-state index contributed by atoms with van der Waals surface area (Å²) >= 11 is 1.89. The number of amides is 2. The number of carbonyl (C=O) groups is 1. The highest BCUT2D eigenvalue weighted by molar-refractivity contribution is 8.00. The molecule has 1 unspecified atom stereocenters. The summed E-state index contributed by atoms with van der Waals surface area (Å²) < 4.78 is 26.3. The van der Waals surface area contributed by atoms with Gasteiger partial charge in [0.1, 0.15) is 0 Å². The Kier molecular flexibility index (Phi) is 5.43. The van der Waals surface area contributed by atoms with Crippen LogP contribution < -0.4 is 15.4 Å². The lowest BCUT2D eigenvalue weighted by atomic mass is 10.0. The second-order valence-corrected chi connectivity index (χ2v) is 9.71. The van der Waals surface area contributed by atoms with Crippen LogP contribution in [-0.4, -0.2) is 48.8 Å². The van der Waals surface area contributed by atoms with Crippen LogP contribution in [0.5, 0.6) is 0 Å². The van der Waals surface area contributed by atoms with E-state index in [4.69, 9.17) is 0 Å². The maximum atomic E-state index is 11.8. The molecule has 4 atom stereocenters. The van der Waals surface area contributed by atoms with Crippen LogP contribution in [0.15, 0.2) is 0 Å². The van der Waals surface area contributed by atoms with Gasteiger partial charge in [0.2, 0.25) is 10.0 Å². The van der Waals surface area contributed by atoms with E-state index in [1.54, 1.807) is 13.8 Å². The minimum atomic E-state index is -3.19. The lowest BCUT2D eigenvalue weighted by Gasteiger charge is -2.19. The Bertz CT molecular complexity index is 481. The summed E-state index contributed by atoms with van der Waals surface area (Å²) in [6.07, 6.45) is 2.78. The molecule has 2 fully saturated rings. The average Bonchev–Trinajstić information content (AvgIpc) is 2.88. The maximum absolute atomic E-state index is 11.8. The zero-order valence-electron chi connectivity index (χ0n) is 12.8. The van der Waals surface area contributed by atoms with Crippen molar-refractivity contribution in [1.29, 1.82) is 0 Å². The molecule has 2 saturated heterocycles. The summed E-state index contributed by atoms with van der Waals surface area (Å²) in [5.41, 5.74) is 0. The molecule has 8 heteroatoms. The molecule has 3 N–H and O–H groups in total. The van der Waals surface area contributed by atoms with E-state index in [9.17, 15) is 13.2 Å². The molecule has 2 amide bonds. The molecular weight excluding hydrogens is 310 g/mol. The summed E-state index contributed by atoms with van der Waals surface area (Å²) in [5.74, 6) is 0.962. The predicted octanol–water partition coefficient (Wildman–Crippen LogP) is 1.04. The van der Waals surface area contributed by atoms with Crippen LogP contribution in [0.2, 0.25) is 0 Å². The molecule has 6 nitrogen and oxygen atoms in total. The van der Waals surface area contributed by atoms with Gasteiger partial charge in [0.15, 0.2) is 0 Å². The molecule has 0 bridgehead atoms. The molecular formula is C13H25N3O3S2. The first kappa shape index (κ1) is 16.9. The van der Waals surface area contributed by atoms with Crippen molar-refractivity contribution in [3.8, 4) is 0 Å². The Balaban J connectivity index is 1.71. The van der Waals surface area contributed by atoms with Gasteiger partial charge in [-0.2, -0.15) is 11.8 Å². The van der Waals surface area contributed by atoms with Gasteiger partial charge < -0.3 is 10.6 Å². The van der Waals surface area contributed by atoms with E-state index in [1.807, 2.05) is 18.7 Å². The maximum Gasteiger partial charge on any atom is 0.315 e. The molecule has 0 radical (unpaired) electrons. The normalized spacial score (nSPS) is 30.1. The van der Waals surface area contributed by atoms with Gasteiger partial charge in [0.25, 0.3) is 0 Å². The van der Waals surface area contributed by atoms with Crippen molar-refractivity contribution in [2.45, 2.75) is 68.7 Å². The number of sulfonamides is 1. The number of fused-ring (bicyclic) bond motifs is 1. The number of thioether (sulfide) groups is 1. The molecule has 2 heterocycles. The first-order valence-corrected chi connectivity index (χ1v) is 10.1. The molecule has 21 heavy (non-hydrogen) atoms. The van der Waals surface area contributed by atoms with Gasteiger partial charge in [-0.05, 0) is 33.6 Å². The number of carbonyl (C=O) groups excluding carboxylic acids is 1. The third kappa shape index (κ3) is 4.26. The zero-order chi connectivity index (χ0) is 15.6. The summed E-state index contributed by atoms with van der Waals surface area (Å²) in [6.45, 7) is 5.27. The van der Waals surface area contributed by atoms with Crippen LogP contribution in [0.3, 0.4) is 0 Å². The standard InChI is InChI=1S/C13H25N3O3S2/c1-8(2)21(18,19)16-9(3)5-4-6-11-12-10(7-20-11)14-13(17)15-12/h8-12,16H,4-7H2,1-3H3,(H2,14,15,17)/t9?,10-,11-,12-/m0/s1. The largest absolute Gasteiger partial charge is 0.332 e. The van der Waals surface area contributed by atoms with Crippen LogP contribution in [0.25, 0.3) is 0 Å². The smallest absolute Gasteiger partial charge is 0.315 e. The molecule has 0 aromatic carbocycles. The van der Waals surface area contributed by atoms with Gasteiger partial charge in [-0.3, -0.25) is 0 Å². The molecule has 0 spiro atoms. The number of nitrogens with one attached hydrogen (secondary N) is 3. The van der Waals surface area contributed by atoms with Crippen molar-refractivity contribution in [3.63, 3.8) is 0 Å². The molecule has 2 aliphatic heterocycles. The second kappa shape index (κ2) is 6.75. The third-order valence-corrected chi connectivity index (χ3v) is 7.53. The van der Waals surface area contributed by atoms with Crippen molar-refractivity contribution in [3.05, 3.63) is 0 Å². The molecule has 0 saturated carbocycles. The molecule has 0 aromatic rings. The Hall–Kier alpha value is -0.470. The Morgan fingerprint density at radius 3 is 2.71 bits per heavy atom. The summed E-state index contributed by atoms with van der Waals surface area (Å²) in [6, 6.07) is 0.374. The predicted molar refractivity (Wildman–Crippen MR) is 86.0 cm³/mol. The average molecular weight is 335 g/mol. The van der Waals surface area contributed by atoms with E-state index in [0.717, 1.165) is 25.0 Å². The van der Waals surface area contributed by atoms with E-state index in [1.165, 1.54) is 0 Å². The summed E-state index contributed by atoms with van der Waals surface area (Å²) in [5, 5.41) is 5.94. The highest BCUT2D eigenvalue weighted by Crippen LogP contribution is 2.33. The van der Waals surface area contributed by atoms with Crippen molar-refractivity contribution >= 4 is 27.8 Å². The third-order valence-electron chi connectivity index (χ3n) is 4.05. The van der Waals surface area contributed by atoms with Gasteiger partial charge >= 0.3 is 6.03 Å². The zero-order valence-corrected chi connectivity index (χ0v) is 14.4. The number of hydrogen-bond acceptors (Lipinski definition) is 4. The quantitative estimate of drug-likeness (QED) is 0.607. The Morgan fingerprint density at radius 1 is 1.33 bits per heavy atom. The van der Waals surface area contributed by atoms with Crippen molar-refractivity contribution in [2.24, 2.45) is 0 Å². The summed E-state index contributed by atoms with van der Waals surface area (Å²) in [4.78, 5) is 11.3. The molecule has 0 aromatic heterocycles. The highest BCUT2D eigenvalue weighted by atomic mass is 32.2. The van der Waals surface area contributed by atoms with Crippen molar-refractivity contribution in [2.75, 3.05) is 5.75 Å². The summed E-state index contributed by atoms with van der Waals surface area (Å²) in [7, 11) is -3.19. The monoisotopic (exact) mass is 335 g/mol. The van der Waals surface area contributed by atoms with Gasteiger partial charge in [-0.15, -0.1) is 0 Å². The lowest BCUT2D eigenvalue weighted by Crippen LogP contribution is -2.38. The van der Waals surface area contributed by atoms with Gasteiger partial charge in [-0.25, -0.2) is 17.9 Å². The van der Waals surface area contributed by atoms with Crippen LogP contribution >= 0.6 is 11.8 Å². The number of urea groups is 1. The molecule has 2 rings (SSSR count). The molecule has 122 valence electrons. The minimum absolute atomic E-state index is 0.0455. The highest BCUT2D eigenvalue weighted by Gasteiger charge is 2.42. The first-order valence-electron chi connectivity index (χ1n) is 7.49. The van der Waals surface area contributed by atoms with Gasteiger partial charge in [0.05, 0.1) is 17.3 Å². The Labute approximate surface area is 131 Å². The number of hydrogen-bond donors (Lipinski definition) is 3. The first-order chi connectivity index (χ1) is 9.79. The Morgan fingerprint density at radius 2 is 2.05 bits per heavy atom. The fourth-order valence-electron chi connectivity index (χ4n) is 2.74. The fourth-order valence-corrected chi connectivity index (χ4v) is 5.24. The number of rotatable bonds is 7.